The van der Waals surface area contributed by atoms with Crippen molar-refractivity contribution >= 4 is 0 Å². The molecule has 0 saturated heterocycles. The Balaban J connectivity index is 2.60. The molecular formula is C15H18N2O. The quantitative estimate of drug-likeness (QED) is 0.879. The Morgan fingerprint density at radius 3 is 2.22 bits per heavy atom. The van der Waals surface area contributed by atoms with Crippen molar-refractivity contribution in [2.75, 3.05) is 0 Å². The number of nitrogens with zero attached hydrogens (tertiary/aromatic N) is 1. The van der Waals surface area contributed by atoms with Crippen molar-refractivity contribution in [2.24, 2.45) is 0 Å². The average Bonchev–Trinajstić information content (AvgIpc) is 2.26. The topological polar surface area (TPSA) is 45.8 Å². The lowest BCUT2D eigenvalue weighted by molar-refractivity contribution is 0.768. The molecule has 0 aliphatic rings. The van der Waals surface area contributed by atoms with E-state index in [-0.39, 0.29) is 11.5 Å². The zero-order chi connectivity index (χ0) is 13.3. The molecule has 1 aromatic carbocycles. The van der Waals surface area contributed by atoms with Crippen LogP contribution in [0.2, 0.25) is 0 Å². The number of aromatic nitrogens is 2. The van der Waals surface area contributed by atoms with Crippen LogP contribution in [0.4, 0.5) is 0 Å². The van der Waals surface area contributed by atoms with Gasteiger partial charge in [-0.05, 0) is 26.0 Å². The van der Waals surface area contributed by atoms with E-state index < -0.39 is 0 Å². The van der Waals surface area contributed by atoms with E-state index >= 15 is 0 Å². The molecule has 0 spiro atoms. The van der Waals surface area contributed by atoms with Gasteiger partial charge < -0.3 is 4.98 Å². The smallest absolute Gasteiger partial charge is 0.251 e. The van der Waals surface area contributed by atoms with Gasteiger partial charge in [0.25, 0.3) is 5.56 Å². The zero-order valence-electron chi connectivity index (χ0n) is 11.2. The maximum Gasteiger partial charge on any atom is 0.251 e. The molecule has 3 heteroatoms. The van der Waals surface area contributed by atoms with Gasteiger partial charge in [0.2, 0.25) is 0 Å². The number of rotatable bonds is 2. The molecule has 0 aliphatic carbocycles. The van der Waals surface area contributed by atoms with Gasteiger partial charge in [0, 0.05) is 17.5 Å². The van der Waals surface area contributed by atoms with E-state index in [2.05, 4.69) is 28.2 Å². The van der Waals surface area contributed by atoms with Gasteiger partial charge in [-0.3, -0.25) is 4.79 Å². The van der Waals surface area contributed by atoms with Crippen molar-refractivity contribution in [1.29, 1.82) is 0 Å². The van der Waals surface area contributed by atoms with Crippen LogP contribution < -0.4 is 5.56 Å². The number of H-pyrrole nitrogens is 1. The van der Waals surface area contributed by atoms with E-state index in [1.54, 1.807) is 6.07 Å². The predicted octanol–water partition coefficient (Wildman–Crippen LogP) is 3.18. The minimum atomic E-state index is -0.0946. The highest BCUT2D eigenvalue weighted by atomic mass is 16.1. The summed E-state index contributed by atoms with van der Waals surface area (Å²) in [6.07, 6.45) is 0. The fourth-order valence-electron chi connectivity index (χ4n) is 2.02. The van der Waals surface area contributed by atoms with Gasteiger partial charge >= 0.3 is 0 Å². The van der Waals surface area contributed by atoms with E-state index in [0.717, 1.165) is 17.1 Å². The normalized spacial score (nSPS) is 10.9. The number of aryl methyl sites for hydroxylation is 2. The van der Waals surface area contributed by atoms with Crippen LogP contribution in [0.15, 0.2) is 29.1 Å². The third kappa shape index (κ3) is 2.67. The second-order valence-corrected chi connectivity index (χ2v) is 5.05. The number of benzene rings is 1. The van der Waals surface area contributed by atoms with Crippen LogP contribution in [0.25, 0.3) is 11.3 Å². The highest BCUT2D eigenvalue weighted by Crippen LogP contribution is 2.20. The highest BCUT2D eigenvalue weighted by molar-refractivity contribution is 5.60. The van der Waals surface area contributed by atoms with Gasteiger partial charge in [-0.2, -0.15) is 0 Å². The molecule has 0 saturated carbocycles. The summed E-state index contributed by atoms with van der Waals surface area (Å²) in [7, 11) is 0. The molecule has 1 heterocycles. The first kappa shape index (κ1) is 12.6. The third-order valence-electron chi connectivity index (χ3n) is 2.82. The molecule has 2 aromatic rings. The van der Waals surface area contributed by atoms with Gasteiger partial charge in [-0.1, -0.05) is 31.0 Å². The molecule has 1 aromatic heterocycles. The largest absolute Gasteiger partial charge is 0.310 e. The lowest BCUT2D eigenvalue weighted by Gasteiger charge is -2.08. The van der Waals surface area contributed by atoms with Gasteiger partial charge in [-0.15, -0.1) is 0 Å². The van der Waals surface area contributed by atoms with Gasteiger partial charge in [0.05, 0.1) is 5.69 Å². The third-order valence-corrected chi connectivity index (χ3v) is 2.82. The molecule has 3 nitrogen and oxygen atoms in total. The summed E-state index contributed by atoms with van der Waals surface area (Å²) < 4.78 is 0. The molecule has 1 N–H and O–H groups in total. The van der Waals surface area contributed by atoms with E-state index in [4.69, 9.17) is 0 Å². The van der Waals surface area contributed by atoms with Crippen LogP contribution in [0.3, 0.4) is 0 Å². The van der Waals surface area contributed by atoms with Crippen LogP contribution in [-0.2, 0) is 0 Å². The average molecular weight is 242 g/mol. The molecule has 0 bridgehead atoms. The monoisotopic (exact) mass is 242 g/mol. The second kappa shape index (κ2) is 4.77. The van der Waals surface area contributed by atoms with Crippen LogP contribution in [0.1, 0.15) is 36.7 Å². The zero-order valence-corrected chi connectivity index (χ0v) is 11.2. The Labute approximate surface area is 107 Å². The fourth-order valence-corrected chi connectivity index (χ4v) is 2.02. The van der Waals surface area contributed by atoms with E-state index in [1.807, 2.05) is 27.7 Å². The van der Waals surface area contributed by atoms with Crippen molar-refractivity contribution in [3.05, 3.63) is 51.6 Å². The summed E-state index contributed by atoms with van der Waals surface area (Å²) in [5, 5.41) is 0. The Morgan fingerprint density at radius 2 is 1.67 bits per heavy atom. The SMILES string of the molecule is Cc1cc(C)cc(-c2cc(=O)[nH]c(C(C)C)n2)c1. The molecule has 18 heavy (non-hydrogen) atoms. The Bertz CT molecular complexity index is 606. The standard InChI is InChI=1S/C15H18N2O/c1-9(2)15-16-13(8-14(18)17-15)12-6-10(3)5-11(4)7-12/h5-9H,1-4H3,(H,16,17,18). The second-order valence-electron chi connectivity index (χ2n) is 5.05. The lowest BCUT2D eigenvalue weighted by atomic mass is 10.0. The van der Waals surface area contributed by atoms with Gasteiger partial charge in [0.15, 0.2) is 0 Å². The molecule has 0 fully saturated rings. The van der Waals surface area contributed by atoms with Gasteiger partial charge in [-0.25, -0.2) is 4.98 Å². The number of hydrogen-bond donors (Lipinski definition) is 1. The number of aromatic amines is 1. The summed E-state index contributed by atoms with van der Waals surface area (Å²) >= 11 is 0. The summed E-state index contributed by atoms with van der Waals surface area (Å²) in [4.78, 5) is 19.0. The first-order valence-corrected chi connectivity index (χ1v) is 6.15. The Hall–Kier alpha value is -1.90. The van der Waals surface area contributed by atoms with E-state index in [9.17, 15) is 4.79 Å². The Kier molecular flexibility index (Phi) is 3.32. The maximum atomic E-state index is 11.7. The minimum absolute atomic E-state index is 0.0946. The molecule has 0 aliphatic heterocycles. The summed E-state index contributed by atoms with van der Waals surface area (Å²) in [6.45, 7) is 8.13. The Morgan fingerprint density at radius 1 is 1.06 bits per heavy atom. The minimum Gasteiger partial charge on any atom is -0.310 e. The van der Waals surface area contributed by atoms with Crippen LogP contribution in [0.5, 0.6) is 0 Å². The van der Waals surface area contributed by atoms with Crippen molar-refractivity contribution < 1.29 is 0 Å². The van der Waals surface area contributed by atoms with Crippen LogP contribution in [-0.4, -0.2) is 9.97 Å². The van der Waals surface area contributed by atoms with Crippen molar-refractivity contribution in [3.8, 4) is 11.3 Å². The molecule has 2 rings (SSSR count). The first-order chi connectivity index (χ1) is 8.45. The number of hydrogen-bond acceptors (Lipinski definition) is 2. The lowest BCUT2D eigenvalue weighted by Crippen LogP contribution is -2.12. The van der Waals surface area contributed by atoms with Crippen molar-refractivity contribution in [3.63, 3.8) is 0 Å². The molecule has 0 amide bonds. The van der Waals surface area contributed by atoms with Crippen molar-refractivity contribution in [1.82, 2.24) is 9.97 Å². The molecule has 0 atom stereocenters. The van der Waals surface area contributed by atoms with E-state index in [0.29, 0.717) is 0 Å². The van der Waals surface area contributed by atoms with E-state index in [1.165, 1.54) is 11.1 Å². The van der Waals surface area contributed by atoms with Crippen LogP contribution >= 0.6 is 0 Å². The maximum absolute atomic E-state index is 11.7. The number of nitrogens with one attached hydrogen (secondary N) is 1. The van der Waals surface area contributed by atoms with Crippen LogP contribution in [0, 0.1) is 13.8 Å². The molecule has 0 radical (unpaired) electrons. The fraction of sp³-hybridized carbons (Fsp3) is 0.333. The molecule has 94 valence electrons. The highest BCUT2D eigenvalue weighted by Gasteiger charge is 2.07. The molecule has 0 unspecified atom stereocenters. The molecular weight excluding hydrogens is 224 g/mol. The summed E-state index contributed by atoms with van der Waals surface area (Å²) in [5.41, 5.74) is 4.01. The van der Waals surface area contributed by atoms with Crippen molar-refractivity contribution in [2.45, 2.75) is 33.6 Å². The first-order valence-electron chi connectivity index (χ1n) is 6.15. The van der Waals surface area contributed by atoms with Gasteiger partial charge in [0.1, 0.15) is 5.82 Å². The summed E-state index contributed by atoms with van der Waals surface area (Å²) in [6, 6.07) is 7.78. The predicted molar refractivity (Wildman–Crippen MR) is 73.9 cm³/mol. The summed E-state index contributed by atoms with van der Waals surface area (Å²) in [5.74, 6) is 0.945.